The van der Waals surface area contributed by atoms with Gasteiger partial charge in [-0.2, -0.15) is 0 Å². The van der Waals surface area contributed by atoms with Crippen molar-refractivity contribution in [2.45, 2.75) is 52.4 Å². The highest BCUT2D eigenvalue weighted by Crippen LogP contribution is 2.62. The number of para-hydroxylation sites is 5. The summed E-state index contributed by atoms with van der Waals surface area (Å²) in [5.74, 6) is 0.923. The first kappa shape index (κ1) is 36.7. The first-order valence-corrected chi connectivity index (χ1v) is 21.9. The van der Waals surface area contributed by atoms with Crippen LogP contribution in [-0.2, 0) is 10.8 Å². The van der Waals surface area contributed by atoms with Gasteiger partial charge in [0.2, 0.25) is 0 Å². The van der Waals surface area contributed by atoms with Crippen molar-refractivity contribution < 1.29 is 0 Å². The van der Waals surface area contributed by atoms with Crippen LogP contribution in [0.4, 0.5) is 0 Å². The van der Waals surface area contributed by atoms with Gasteiger partial charge in [0.15, 0.2) is 0 Å². The Bertz CT molecular complexity index is 3590. The molecule has 0 N–H and O–H groups in total. The van der Waals surface area contributed by atoms with Crippen LogP contribution >= 0.6 is 0 Å². The Labute approximate surface area is 362 Å². The normalized spacial score (nSPS) is 15.3. The minimum absolute atomic E-state index is 0.00833. The van der Waals surface area contributed by atoms with Gasteiger partial charge >= 0.3 is 0 Å². The third-order valence-corrected chi connectivity index (χ3v) is 15.3. The average Bonchev–Trinajstić information content (AvgIpc) is 3.98. The van der Waals surface area contributed by atoms with Gasteiger partial charge in [-0.3, -0.25) is 4.57 Å². The lowest BCUT2D eigenvalue weighted by Crippen LogP contribution is -2.42. The molecular weight excluding hydrogens is 753 g/mol. The molecule has 3 heterocycles. The first-order valence-electron chi connectivity index (χ1n) is 21.9. The van der Waals surface area contributed by atoms with E-state index < -0.39 is 0 Å². The van der Waals surface area contributed by atoms with Crippen LogP contribution < -0.4 is 0 Å². The van der Waals surface area contributed by atoms with Crippen molar-refractivity contribution in [2.75, 3.05) is 0 Å². The van der Waals surface area contributed by atoms with Gasteiger partial charge in [-0.1, -0.05) is 133 Å². The van der Waals surface area contributed by atoms with Gasteiger partial charge in [0.25, 0.3) is 0 Å². The van der Waals surface area contributed by atoms with Crippen molar-refractivity contribution in [3.63, 3.8) is 0 Å². The van der Waals surface area contributed by atoms with E-state index in [1.165, 1.54) is 71.6 Å². The number of imidazole rings is 1. The van der Waals surface area contributed by atoms with Crippen LogP contribution in [0.5, 0.6) is 0 Å². The second-order valence-corrected chi connectivity index (χ2v) is 18.9. The third-order valence-electron chi connectivity index (χ3n) is 15.3. The van der Waals surface area contributed by atoms with Crippen molar-refractivity contribution in [1.82, 2.24) is 18.7 Å². The smallest absolute Gasteiger partial charge is 0.145 e. The number of hydrogen-bond acceptors (Lipinski definition) is 1. The summed E-state index contributed by atoms with van der Waals surface area (Å²) < 4.78 is 7.16. The summed E-state index contributed by atoms with van der Waals surface area (Å²) in [7, 11) is 0. The lowest BCUT2D eigenvalue weighted by molar-refractivity contribution is 0.125. The Morgan fingerprint density at radius 1 is 0.339 bits per heavy atom. The predicted octanol–water partition coefficient (Wildman–Crippen LogP) is 15.1. The average molecular weight is 801 g/mol. The molecule has 0 atom stereocenters. The quantitative estimate of drug-likeness (QED) is 0.170. The molecule has 0 bridgehead atoms. The number of aromatic nitrogens is 4. The summed E-state index contributed by atoms with van der Waals surface area (Å²) in [6, 6.07) is 66.6. The van der Waals surface area contributed by atoms with Gasteiger partial charge in [0.05, 0.1) is 33.1 Å². The highest BCUT2D eigenvalue weighted by molar-refractivity contribution is 6.13. The van der Waals surface area contributed by atoms with E-state index in [4.69, 9.17) is 4.98 Å². The van der Waals surface area contributed by atoms with E-state index in [1.54, 1.807) is 0 Å². The van der Waals surface area contributed by atoms with Crippen molar-refractivity contribution in [1.29, 1.82) is 0 Å². The molecule has 0 fully saturated rings. The molecule has 11 aromatic rings. The van der Waals surface area contributed by atoms with Gasteiger partial charge in [-0.05, 0) is 129 Å². The highest BCUT2D eigenvalue weighted by atomic mass is 15.1. The van der Waals surface area contributed by atoms with Crippen molar-refractivity contribution in [3.05, 3.63) is 193 Å². The van der Waals surface area contributed by atoms with Gasteiger partial charge < -0.3 is 9.13 Å². The lowest BCUT2D eigenvalue weighted by atomic mass is 9.59. The molecular formula is C58H48N4. The summed E-state index contributed by atoms with van der Waals surface area (Å²) in [5, 5.41) is 5.06. The molecule has 0 spiro atoms. The van der Waals surface area contributed by atoms with Gasteiger partial charge in [0, 0.05) is 44.2 Å². The van der Waals surface area contributed by atoms with E-state index in [-0.39, 0.29) is 16.2 Å². The Morgan fingerprint density at radius 2 is 0.839 bits per heavy atom. The molecule has 0 aliphatic heterocycles. The van der Waals surface area contributed by atoms with E-state index in [0.717, 1.165) is 33.8 Å². The largest absolute Gasteiger partial charge is 0.309 e. The fraction of sp³-hybridized carbons (Fsp3) is 0.155. The second kappa shape index (κ2) is 12.9. The van der Waals surface area contributed by atoms with Crippen LogP contribution in [0.25, 0.3) is 94.2 Å². The fourth-order valence-corrected chi connectivity index (χ4v) is 10.9. The van der Waals surface area contributed by atoms with Gasteiger partial charge in [-0.15, -0.1) is 0 Å². The van der Waals surface area contributed by atoms with E-state index in [0.29, 0.717) is 0 Å². The summed E-state index contributed by atoms with van der Waals surface area (Å²) >= 11 is 0. The van der Waals surface area contributed by atoms with E-state index >= 15 is 0 Å². The topological polar surface area (TPSA) is 27.7 Å². The summed E-state index contributed by atoms with van der Waals surface area (Å²) in [5.41, 5.74) is 16.8. The monoisotopic (exact) mass is 800 g/mol. The maximum Gasteiger partial charge on any atom is 0.145 e. The van der Waals surface area contributed by atoms with Crippen molar-refractivity contribution in [2.24, 2.45) is 5.41 Å². The van der Waals surface area contributed by atoms with Crippen LogP contribution in [0.3, 0.4) is 0 Å². The van der Waals surface area contributed by atoms with Crippen LogP contribution in [0.2, 0.25) is 0 Å². The molecule has 0 saturated heterocycles. The number of fused-ring (bicyclic) bond motifs is 8. The second-order valence-electron chi connectivity index (χ2n) is 18.9. The zero-order chi connectivity index (χ0) is 42.1. The Morgan fingerprint density at radius 3 is 1.52 bits per heavy atom. The number of hydrogen-bond donors (Lipinski definition) is 0. The maximum absolute atomic E-state index is 5.20. The van der Waals surface area contributed by atoms with Crippen molar-refractivity contribution >= 4 is 54.6 Å². The molecule has 4 nitrogen and oxygen atoms in total. The third kappa shape index (κ3) is 4.98. The Balaban J connectivity index is 1.03. The molecule has 0 radical (unpaired) electrons. The van der Waals surface area contributed by atoms with E-state index in [9.17, 15) is 0 Å². The molecule has 4 heteroatoms. The Kier molecular flexibility index (Phi) is 7.64. The summed E-state index contributed by atoms with van der Waals surface area (Å²) in [6.45, 7) is 14.7. The molecule has 1 aliphatic rings. The molecule has 8 aromatic carbocycles. The zero-order valence-corrected chi connectivity index (χ0v) is 36.1. The fourth-order valence-electron chi connectivity index (χ4n) is 10.9. The molecule has 0 unspecified atom stereocenters. The molecule has 300 valence electrons. The zero-order valence-electron chi connectivity index (χ0n) is 36.1. The number of rotatable bonds is 5. The number of nitrogens with zero attached hydrogens (tertiary/aromatic N) is 4. The number of benzene rings is 8. The standard InChI is InChI=1S/C58H48N4/c1-56(2)47-35-46-45-34-38(29-31-52(45)60(40-19-9-7-10-20-40)54(46)36-48(47)57(3,4)58(56,5)6)37-28-30-51-44(33-37)43-24-13-15-26-50(43)61(51)42-23-17-18-39(32-42)55-59-49-25-14-16-27-53(49)62(55)41-21-11-8-12-22-41/h7-36H,1-6H3. The maximum atomic E-state index is 5.20. The Hall–Kier alpha value is -7.17. The summed E-state index contributed by atoms with van der Waals surface area (Å²) in [4.78, 5) is 5.20. The molecule has 12 rings (SSSR count). The minimum atomic E-state index is 0.00833. The molecule has 1 aliphatic carbocycles. The molecule has 0 saturated carbocycles. The predicted molar refractivity (Wildman–Crippen MR) is 260 cm³/mol. The van der Waals surface area contributed by atoms with Crippen LogP contribution in [0.1, 0.15) is 52.7 Å². The SMILES string of the molecule is CC1(C)c2cc3c4cc(-c5ccc6c(c5)c5ccccc5n6-c5cccc(-c6nc7ccccc7n6-c6ccccc6)c5)ccc4n(-c4ccccc4)c3cc2C(C)(C)C1(C)C. The lowest BCUT2D eigenvalue weighted by Gasteiger charge is -2.44. The van der Waals surface area contributed by atoms with Crippen LogP contribution in [0.15, 0.2) is 182 Å². The van der Waals surface area contributed by atoms with Crippen LogP contribution in [-0.4, -0.2) is 18.7 Å². The molecule has 62 heavy (non-hydrogen) atoms. The molecule has 3 aromatic heterocycles. The van der Waals surface area contributed by atoms with Crippen LogP contribution in [0, 0.1) is 5.41 Å². The molecule has 0 amide bonds. The first-order chi connectivity index (χ1) is 30.0. The highest BCUT2D eigenvalue weighted by Gasteiger charge is 2.57. The minimum Gasteiger partial charge on any atom is -0.309 e. The van der Waals surface area contributed by atoms with E-state index in [2.05, 4.69) is 237 Å². The van der Waals surface area contributed by atoms with Gasteiger partial charge in [0.1, 0.15) is 5.82 Å². The van der Waals surface area contributed by atoms with Crippen molar-refractivity contribution in [3.8, 4) is 39.6 Å². The summed E-state index contributed by atoms with van der Waals surface area (Å²) in [6.07, 6.45) is 0. The van der Waals surface area contributed by atoms with E-state index in [1.807, 2.05) is 0 Å². The van der Waals surface area contributed by atoms with Gasteiger partial charge in [-0.25, -0.2) is 4.98 Å².